The predicted octanol–water partition coefficient (Wildman–Crippen LogP) is 4.58. The molecule has 1 atom stereocenters. The van der Waals surface area contributed by atoms with Crippen molar-refractivity contribution in [1.82, 2.24) is 10.2 Å². The summed E-state index contributed by atoms with van der Waals surface area (Å²) >= 11 is 0. The van der Waals surface area contributed by atoms with Gasteiger partial charge in [0.2, 0.25) is 11.8 Å². The second kappa shape index (κ2) is 10.5. The Kier molecular flexibility index (Phi) is 8.26. The minimum absolute atomic E-state index is 0.0660. The van der Waals surface area contributed by atoms with E-state index in [4.69, 9.17) is 4.74 Å². The zero-order valence-corrected chi connectivity index (χ0v) is 19.9. The van der Waals surface area contributed by atoms with Crippen molar-refractivity contribution in [2.75, 3.05) is 7.11 Å². The summed E-state index contributed by atoms with van der Waals surface area (Å²) in [5.41, 5.74) is 3.77. The Balaban J connectivity index is 2.36. The average molecular weight is 425 g/mol. The standard InChI is InChI=1S/C26H36N2O3/c1-8-23(25(30)27-26(4,5)6)28(17-20-10-9-11-22(15-20)31-7)24(29)16-21-13-18(2)12-19(3)14-21/h9-15,23H,8,16-17H2,1-7H3,(H,27,30)/t23-/m0/s1. The summed E-state index contributed by atoms with van der Waals surface area (Å²) in [5.74, 6) is 0.529. The lowest BCUT2D eigenvalue weighted by atomic mass is 10.0. The molecule has 0 saturated carbocycles. The van der Waals surface area contributed by atoms with E-state index in [2.05, 4.69) is 11.4 Å². The van der Waals surface area contributed by atoms with Crippen LogP contribution in [0.4, 0.5) is 0 Å². The number of hydrogen-bond acceptors (Lipinski definition) is 3. The first-order valence-corrected chi connectivity index (χ1v) is 10.8. The number of carbonyl (C=O) groups is 2. The van der Waals surface area contributed by atoms with Crippen molar-refractivity contribution in [3.8, 4) is 5.75 Å². The summed E-state index contributed by atoms with van der Waals surface area (Å²) in [5, 5.41) is 3.04. The van der Waals surface area contributed by atoms with Crippen LogP contribution in [0.3, 0.4) is 0 Å². The largest absolute Gasteiger partial charge is 0.497 e. The Morgan fingerprint density at radius 2 is 1.68 bits per heavy atom. The zero-order valence-electron chi connectivity index (χ0n) is 19.9. The van der Waals surface area contributed by atoms with Crippen molar-refractivity contribution < 1.29 is 14.3 Å². The number of methoxy groups -OCH3 is 1. The first kappa shape index (κ1) is 24.4. The second-order valence-electron chi connectivity index (χ2n) is 9.21. The molecule has 0 aliphatic carbocycles. The number of aryl methyl sites for hydroxylation is 2. The maximum absolute atomic E-state index is 13.5. The lowest BCUT2D eigenvalue weighted by Gasteiger charge is -2.33. The van der Waals surface area contributed by atoms with Gasteiger partial charge in [0.05, 0.1) is 13.5 Å². The van der Waals surface area contributed by atoms with E-state index in [-0.39, 0.29) is 23.8 Å². The predicted molar refractivity (Wildman–Crippen MR) is 125 cm³/mol. The maximum Gasteiger partial charge on any atom is 0.243 e. The van der Waals surface area contributed by atoms with Crippen LogP contribution in [0.2, 0.25) is 0 Å². The van der Waals surface area contributed by atoms with Crippen molar-refractivity contribution in [1.29, 1.82) is 0 Å². The molecule has 168 valence electrons. The minimum Gasteiger partial charge on any atom is -0.497 e. The fourth-order valence-corrected chi connectivity index (χ4v) is 3.79. The molecule has 0 aromatic heterocycles. The summed E-state index contributed by atoms with van der Waals surface area (Å²) in [7, 11) is 1.62. The molecule has 2 rings (SSSR count). The smallest absolute Gasteiger partial charge is 0.243 e. The van der Waals surface area contributed by atoms with E-state index in [0.29, 0.717) is 13.0 Å². The van der Waals surface area contributed by atoms with Gasteiger partial charge in [0.25, 0.3) is 0 Å². The van der Waals surface area contributed by atoms with Gasteiger partial charge in [-0.25, -0.2) is 0 Å². The Bertz CT molecular complexity index is 895. The Morgan fingerprint density at radius 3 is 2.23 bits per heavy atom. The monoisotopic (exact) mass is 424 g/mol. The molecule has 2 amide bonds. The number of ether oxygens (including phenoxy) is 1. The van der Waals surface area contributed by atoms with Gasteiger partial charge in [-0.3, -0.25) is 9.59 Å². The van der Waals surface area contributed by atoms with Gasteiger partial charge >= 0.3 is 0 Å². The molecule has 0 fully saturated rings. The van der Waals surface area contributed by atoms with Crippen LogP contribution in [0.25, 0.3) is 0 Å². The van der Waals surface area contributed by atoms with Gasteiger partial charge < -0.3 is 15.0 Å². The molecular formula is C26H36N2O3. The number of nitrogens with one attached hydrogen (secondary N) is 1. The van der Waals surface area contributed by atoms with Crippen LogP contribution in [0.15, 0.2) is 42.5 Å². The Labute approximate surface area is 186 Å². The summed E-state index contributed by atoms with van der Waals surface area (Å²) in [6, 6.07) is 13.2. The molecule has 2 aromatic rings. The van der Waals surface area contributed by atoms with Crippen LogP contribution in [0, 0.1) is 13.8 Å². The lowest BCUT2D eigenvalue weighted by Crippen LogP contribution is -2.53. The van der Waals surface area contributed by atoms with Gasteiger partial charge in [-0.05, 0) is 64.3 Å². The SMILES string of the molecule is CC[C@@H](C(=O)NC(C)(C)C)N(Cc1cccc(OC)c1)C(=O)Cc1cc(C)cc(C)c1. The highest BCUT2D eigenvalue weighted by atomic mass is 16.5. The number of carbonyl (C=O) groups excluding carboxylic acids is 2. The molecule has 0 heterocycles. The molecule has 0 bridgehead atoms. The molecule has 1 N–H and O–H groups in total. The van der Waals surface area contributed by atoms with Crippen molar-refractivity contribution in [2.45, 2.75) is 72.5 Å². The third-order valence-corrected chi connectivity index (χ3v) is 5.01. The fourth-order valence-electron chi connectivity index (χ4n) is 3.79. The van der Waals surface area contributed by atoms with Gasteiger partial charge in [0.15, 0.2) is 0 Å². The second-order valence-corrected chi connectivity index (χ2v) is 9.21. The van der Waals surface area contributed by atoms with Gasteiger partial charge in [-0.1, -0.05) is 48.4 Å². The summed E-state index contributed by atoms with van der Waals surface area (Å²) in [6.45, 7) is 12.2. The summed E-state index contributed by atoms with van der Waals surface area (Å²) in [6.07, 6.45) is 0.788. The van der Waals surface area contributed by atoms with Crippen molar-refractivity contribution in [3.63, 3.8) is 0 Å². The number of rotatable bonds is 8. The average Bonchev–Trinajstić information content (AvgIpc) is 2.65. The maximum atomic E-state index is 13.5. The number of hydrogen-bond donors (Lipinski definition) is 1. The fraction of sp³-hybridized carbons (Fsp3) is 0.462. The Morgan fingerprint density at radius 1 is 1.03 bits per heavy atom. The van der Waals surface area contributed by atoms with Gasteiger partial charge in [-0.2, -0.15) is 0 Å². The number of amides is 2. The number of benzene rings is 2. The molecule has 5 nitrogen and oxygen atoms in total. The number of nitrogens with zero attached hydrogens (tertiary/aromatic N) is 1. The summed E-state index contributed by atoms with van der Waals surface area (Å²) < 4.78 is 5.34. The van der Waals surface area contributed by atoms with E-state index in [0.717, 1.165) is 28.0 Å². The van der Waals surface area contributed by atoms with E-state index in [1.807, 2.05) is 77.9 Å². The molecule has 0 radical (unpaired) electrons. The summed E-state index contributed by atoms with van der Waals surface area (Å²) in [4.78, 5) is 28.3. The first-order valence-electron chi connectivity index (χ1n) is 10.8. The molecule has 2 aromatic carbocycles. The Hall–Kier alpha value is -2.82. The quantitative estimate of drug-likeness (QED) is 0.675. The highest BCUT2D eigenvalue weighted by Crippen LogP contribution is 2.19. The molecule has 31 heavy (non-hydrogen) atoms. The van der Waals surface area contributed by atoms with Crippen LogP contribution in [0.1, 0.15) is 56.4 Å². The van der Waals surface area contributed by atoms with E-state index < -0.39 is 6.04 Å². The molecule has 0 unspecified atom stereocenters. The van der Waals surface area contributed by atoms with Crippen molar-refractivity contribution >= 4 is 11.8 Å². The van der Waals surface area contributed by atoms with Crippen LogP contribution >= 0.6 is 0 Å². The first-order chi connectivity index (χ1) is 14.5. The van der Waals surface area contributed by atoms with E-state index in [1.165, 1.54) is 0 Å². The lowest BCUT2D eigenvalue weighted by molar-refractivity contribution is -0.141. The van der Waals surface area contributed by atoms with Gasteiger partial charge in [-0.15, -0.1) is 0 Å². The van der Waals surface area contributed by atoms with Crippen molar-refractivity contribution in [2.24, 2.45) is 0 Å². The van der Waals surface area contributed by atoms with Crippen LogP contribution in [-0.4, -0.2) is 35.4 Å². The molecule has 0 aliphatic heterocycles. The zero-order chi connectivity index (χ0) is 23.2. The van der Waals surface area contributed by atoms with Gasteiger partial charge in [0.1, 0.15) is 11.8 Å². The minimum atomic E-state index is -0.552. The molecule has 5 heteroatoms. The molecular weight excluding hydrogens is 388 g/mol. The topological polar surface area (TPSA) is 58.6 Å². The third-order valence-electron chi connectivity index (χ3n) is 5.01. The normalized spacial score (nSPS) is 12.2. The third kappa shape index (κ3) is 7.42. The highest BCUT2D eigenvalue weighted by molar-refractivity contribution is 5.88. The molecule has 0 aliphatic rings. The molecule has 0 spiro atoms. The van der Waals surface area contributed by atoms with E-state index >= 15 is 0 Å². The molecule has 0 saturated heterocycles. The van der Waals surface area contributed by atoms with E-state index in [1.54, 1.807) is 12.0 Å². The van der Waals surface area contributed by atoms with E-state index in [9.17, 15) is 9.59 Å². The van der Waals surface area contributed by atoms with Crippen LogP contribution < -0.4 is 10.1 Å². The highest BCUT2D eigenvalue weighted by Gasteiger charge is 2.30. The van der Waals surface area contributed by atoms with Crippen molar-refractivity contribution in [3.05, 3.63) is 64.7 Å². The van der Waals surface area contributed by atoms with Crippen LogP contribution in [-0.2, 0) is 22.6 Å². The van der Waals surface area contributed by atoms with Crippen LogP contribution in [0.5, 0.6) is 5.75 Å². The van der Waals surface area contributed by atoms with Gasteiger partial charge in [0, 0.05) is 12.1 Å².